The number of benzene rings is 2. The number of nitrogens with one attached hydrogen (secondary N) is 1. The molecular formula is C18H14BrN3O5S. The summed E-state index contributed by atoms with van der Waals surface area (Å²) in [7, 11) is 3.07. The summed E-state index contributed by atoms with van der Waals surface area (Å²) in [6.07, 6.45) is 1.46. The molecule has 1 aromatic heterocycles. The molecule has 2 aromatic carbocycles. The summed E-state index contributed by atoms with van der Waals surface area (Å²) in [6.45, 7) is 0. The van der Waals surface area contributed by atoms with Crippen LogP contribution in [0.25, 0.3) is 10.1 Å². The van der Waals surface area contributed by atoms with Gasteiger partial charge in [-0.25, -0.2) is 5.43 Å². The summed E-state index contributed by atoms with van der Waals surface area (Å²) >= 11 is 4.62. The number of nitro groups is 1. The third kappa shape index (κ3) is 4.12. The highest BCUT2D eigenvalue weighted by atomic mass is 79.9. The Balaban J connectivity index is 1.77. The Bertz CT molecular complexity index is 1100. The average Bonchev–Trinajstić information content (AvgIpc) is 3.11. The van der Waals surface area contributed by atoms with E-state index in [4.69, 9.17) is 9.47 Å². The van der Waals surface area contributed by atoms with Gasteiger partial charge in [-0.2, -0.15) is 5.10 Å². The zero-order valence-electron chi connectivity index (χ0n) is 14.8. The van der Waals surface area contributed by atoms with Gasteiger partial charge >= 0.3 is 0 Å². The Morgan fingerprint density at radius 1 is 1.21 bits per heavy atom. The molecule has 0 saturated heterocycles. The van der Waals surface area contributed by atoms with Crippen molar-refractivity contribution in [3.8, 4) is 11.5 Å². The molecule has 0 radical (unpaired) electrons. The van der Waals surface area contributed by atoms with Crippen LogP contribution in [0, 0.1) is 10.1 Å². The van der Waals surface area contributed by atoms with Crippen LogP contribution >= 0.6 is 27.3 Å². The van der Waals surface area contributed by atoms with E-state index in [1.54, 1.807) is 31.4 Å². The minimum absolute atomic E-state index is 0.0209. The lowest BCUT2D eigenvalue weighted by Gasteiger charge is -2.09. The zero-order chi connectivity index (χ0) is 20.3. The van der Waals surface area contributed by atoms with E-state index in [-0.39, 0.29) is 5.69 Å². The molecule has 0 fully saturated rings. The predicted molar refractivity (Wildman–Crippen MR) is 111 cm³/mol. The van der Waals surface area contributed by atoms with Crippen LogP contribution in [0.1, 0.15) is 15.2 Å². The van der Waals surface area contributed by atoms with Gasteiger partial charge in [-0.05, 0) is 34.1 Å². The van der Waals surface area contributed by atoms with Crippen LogP contribution in [0.15, 0.2) is 46.0 Å². The van der Waals surface area contributed by atoms with Gasteiger partial charge in [0.2, 0.25) is 0 Å². The van der Waals surface area contributed by atoms with Crippen LogP contribution in [0.3, 0.4) is 0 Å². The summed E-state index contributed by atoms with van der Waals surface area (Å²) in [6, 6.07) is 9.52. The predicted octanol–water partition coefficient (Wildman–Crippen LogP) is 4.35. The molecule has 0 aliphatic carbocycles. The van der Waals surface area contributed by atoms with E-state index in [9.17, 15) is 14.9 Å². The highest BCUT2D eigenvalue weighted by molar-refractivity contribution is 9.10. The van der Waals surface area contributed by atoms with Gasteiger partial charge in [0.25, 0.3) is 11.6 Å². The van der Waals surface area contributed by atoms with Gasteiger partial charge < -0.3 is 9.47 Å². The summed E-state index contributed by atoms with van der Waals surface area (Å²) in [5, 5.41) is 15.5. The van der Waals surface area contributed by atoms with Crippen molar-refractivity contribution in [1.82, 2.24) is 5.43 Å². The summed E-state index contributed by atoms with van der Waals surface area (Å²) in [4.78, 5) is 23.1. The van der Waals surface area contributed by atoms with Crippen molar-refractivity contribution in [3.05, 3.63) is 61.4 Å². The maximum Gasteiger partial charge on any atom is 0.281 e. The molecule has 0 aliphatic rings. The number of nitro benzene ring substituents is 1. The van der Waals surface area contributed by atoms with Crippen LogP contribution in [0.5, 0.6) is 11.5 Å². The molecule has 0 aliphatic heterocycles. The van der Waals surface area contributed by atoms with Crippen LogP contribution in [0.2, 0.25) is 0 Å². The highest BCUT2D eigenvalue weighted by Crippen LogP contribution is 2.32. The molecule has 0 atom stereocenters. The van der Waals surface area contributed by atoms with Gasteiger partial charge in [0.15, 0.2) is 0 Å². The largest absolute Gasteiger partial charge is 0.496 e. The number of nitrogens with zero attached hydrogens (tertiary/aromatic N) is 2. The van der Waals surface area contributed by atoms with E-state index in [0.29, 0.717) is 27.3 Å². The van der Waals surface area contributed by atoms with Gasteiger partial charge in [-0.1, -0.05) is 0 Å². The molecule has 3 rings (SSSR count). The lowest BCUT2D eigenvalue weighted by Crippen LogP contribution is -2.16. The fourth-order valence-corrected chi connectivity index (χ4v) is 3.91. The molecule has 3 aromatic rings. The number of hydrazone groups is 1. The lowest BCUT2D eigenvalue weighted by molar-refractivity contribution is -0.384. The Hall–Kier alpha value is -2.98. The first-order chi connectivity index (χ1) is 13.4. The molecule has 1 N–H and O–H groups in total. The second-order valence-electron chi connectivity index (χ2n) is 5.52. The van der Waals surface area contributed by atoms with Gasteiger partial charge in [0, 0.05) is 33.8 Å². The van der Waals surface area contributed by atoms with Crippen LogP contribution < -0.4 is 14.9 Å². The molecule has 0 spiro atoms. The highest BCUT2D eigenvalue weighted by Gasteiger charge is 2.13. The average molecular weight is 464 g/mol. The number of rotatable bonds is 6. The quantitative estimate of drug-likeness (QED) is 0.332. The molecular weight excluding hydrogens is 450 g/mol. The third-order valence-corrected chi connectivity index (χ3v) is 5.54. The number of hydrogen-bond donors (Lipinski definition) is 1. The van der Waals surface area contributed by atoms with Crippen LogP contribution in [-0.4, -0.2) is 31.3 Å². The van der Waals surface area contributed by atoms with Crippen molar-refractivity contribution >= 4 is 55.2 Å². The standard InChI is InChI=1S/C18H14BrN3O5S/c1-26-14-8-15(27-2)13(19)6-11(14)9-20-21-18(23)17-7-10-5-12(22(24)25)3-4-16(10)28-17/h3-9H,1-2H3,(H,21,23)/b20-9-. The van der Waals surface area contributed by atoms with Crippen LogP contribution in [-0.2, 0) is 0 Å². The number of carbonyl (C=O) groups is 1. The Labute approximate surface area is 172 Å². The van der Waals surface area contributed by atoms with Crippen molar-refractivity contribution in [2.45, 2.75) is 0 Å². The molecule has 0 bridgehead atoms. The minimum atomic E-state index is -0.471. The fraction of sp³-hybridized carbons (Fsp3) is 0.111. The Kier molecular flexibility index (Phi) is 5.90. The molecule has 10 heteroatoms. The second-order valence-corrected chi connectivity index (χ2v) is 7.46. The van der Waals surface area contributed by atoms with Gasteiger partial charge in [0.05, 0.1) is 34.7 Å². The fourth-order valence-electron chi connectivity index (χ4n) is 2.46. The second kappa shape index (κ2) is 8.36. The number of amides is 1. The monoisotopic (exact) mass is 463 g/mol. The van der Waals surface area contributed by atoms with Gasteiger partial charge in [-0.3, -0.25) is 14.9 Å². The smallest absolute Gasteiger partial charge is 0.281 e. The van der Waals surface area contributed by atoms with Crippen molar-refractivity contribution in [2.24, 2.45) is 5.10 Å². The first-order valence-corrected chi connectivity index (χ1v) is 9.46. The minimum Gasteiger partial charge on any atom is -0.496 e. The zero-order valence-corrected chi connectivity index (χ0v) is 17.2. The van der Waals surface area contributed by atoms with E-state index < -0.39 is 10.8 Å². The van der Waals surface area contributed by atoms with Gasteiger partial charge in [0.1, 0.15) is 11.5 Å². The maximum absolute atomic E-state index is 12.3. The number of halogens is 1. The lowest BCUT2D eigenvalue weighted by atomic mass is 10.2. The van der Waals surface area contributed by atoms with Crippen molar-refractivity contribution in [1.29, 1.82) is 0 Å². The number of fused-ring (bicyclic) bond motifs is 1. The molecule has 1 heterocycles. The van der Waals surface area contributed by atoms with Crippen molar-refractivity contribution in [2.75, 3.05) is 14.2 Å². The van der Waals surface area contributed by atoms with Gasteiger partial charge in [-0.15, -0.1) is 11.3 Å². The topological polar surface area (TPSA) is 103 Å². The van der Waals surface area contributed by atoms with Crippen molar-refractivity contribution < 1.29 is 19.2 Å². The normalized spacial score (nSPS) is 11.0. The third-order valence-electron chi connectivity index (χ3n) is 3.81. The van der Waals surface area contributed by atoms with E-state index >= 15 is 0 Å². The summed E-state index contributed by atoms with van der Waals surface area (Å²) in [5.41, 5.74) is 3.07. The molecule has 0 unspecified atom stereocenters. The number of methoxy groups -OCH3 is 2. The Morgan fingerprint density at radius 3 is 2.64 bits per heavy atom. The molecule has 28 heavy (non-hydrogen) atoms. The molecule has 0 saturated carbocycles. The first-order valence-electron chi connectivity index (χ1n) is 7.86. The van der Waals surface area contributed by atoms with E-state index in [1.165, 1.54) is 36.8 Å². The number of carbonyl (C=O) groups excluding carboxylic acids is 1. The number of non-ortho nitro benzene ring substituents is 1. The summed E-state index contributed by atoms with van der Waals surface area (Å²) < 4.78 is 12.0. The molecule has 1 amide bonds. The molecule has 8 nitrogen and oxygen atoms in total. The maximum atomic E-state index is 12.3. The molecule has 144 valence electrons. The van der Waals surface area contributed by atoms with Crippen LogP contribution in [0.4, 0.5) is 5.69 Å². The van der Waals surface area contributed by atoms with E-state index in [1.807, 2.05) is 0 Å². The first kappa shape index (κ1) is 19.8. The van der Waals surface area contributed by atoms with E-state index in [0.717, 1.165) is 9.17 Å². The SMILES string of the molecule is COc1cc(OC)c(/C=N\NC(=O)c2cc3cc([N+](=O)[O-])ccc3s2)cc1Br. The number of hydrogen-bond acceptors (Lipinski definition) is 7. The number of ether oxygens (including phenoxy) is 2. The van der Waals surface area contributed by atoms with Crippen molar-refractivity contribution in [3.63, 3.8) is 0 Å². The number of thiophene rings is 1. The summed E-state index contributed by atoms with van der Waals surface area (Å²) in [5.74, 6) is 0.733. The Morgan fingerprint density at radius 2 is 1.96 bits per heavy atom. The van der Waals surface area contributed by atoms with E-state index in [2.05, 4.69) is 26.5 Å².